The molecule has 0 bridgehead atoms. The number of halogens is 1. The lowest BCUT2D eigenvalue weighted by Crippen LogP contribution is -2.33. The van der Waals surface area contributed by atoms with Gasteiger partial charge in [-0.1, -0.05) is 30.3 Å². The lowest BCUT2D eigenvalue weighted by molar-refractivity contribution is -0.120. The summed E-state index contributed by atoms with van der Waals surface area (Å²) in [6.07, 6.45) is 1.98. The standard InChI is InChI=1S/C12H14ClNO/c13-11(9-5-2-1-3-6-9)12(15)10-7-4-8-14-10/h1-3,5-6,10-11,14H,4,7-8H2. The number of hydrogen-bond acceptors (Lipinski definition) is 2. The molecule has 80 valence electrons. The van der Waals surface area contributed by atoms with Gasteiger partial charge in [0.2, 0.25) is 0 Å². The van der Waals surface area contributed by atoms with E-state index in [1.807, 2.05) is 30.3 Å². The van der Waals surface area contributed by atoms with Crippen molar-refractivity contribution in [2.45, 2.75) is 24.3 Å². The number of nitrogens with one attached hydrogen (secondary N) is 1. The van der Waals surface area contributed by atoms with Crippen LogP contribution in [0.4, 0.5) is 0 Å². The van der Waals surface area contributed by atoms with Crippen LogP contribution in [0.3, 0.4) is 0 Å². The molecule has 3 heteroatoms. The Morgan fingerprint density at radius 3 is 2.73 bits per heavy atom. The van der Waals surface area contributed by atoms with Crippen LogP contribution in [0.5, 0.6) is 0 Å². The summed E-state index contributed by atoms with van der Waals surface area (Å²) >= 11 is 6.15. The van der Waals surface area contributed by atoms with Gasteiger partial charge in [0.1, 0.15) is 5.38 Å². The molecule has 1 N–H and O–H groups in total. The maximum absolute atomic E-state index is 12.0. The first-order valence-corrected chi connectivity index (χ1v) is 5.69. The van der Waals surface area contributed by atoms with Gasteiger partial charge in [-0.2, -0.15) is 0 Å². The average Bonchev–Trinajstić information content (AvgIpc) is 2.82. The lowest BCUT2D eigenvalue weighted by atomic mass is 10.0. The Labute approximate surface area is 94.6 Å². The summed E-state index contributed by atoms with van der Waals surface area (Å²) in [6, 6.07) is 9.47. The van der Waals surface area contributed by atoms with Gasteiger partial charge in [-0.25, -0.2) is 0 Å². The van der Waals surface area contributed by atoms with Crippen molar-refractivity contribution in [2.75, 3.05) is 6.54 Å². The molecule has 0 spiro atoms. The van der Waals surface area contributed by atoms with Crippen molar-refractivity contribution in [1.29, 1.82) is 0 Å². The fraction of sp³-hybridized carbons (Fsp3) is 0.417. The minimum Gasteiger partial charge on any atom is -0.307 e. The number of Topliss-reactive ketones (excluding diaryl/α,β-unsaturated/α-hetero) is 1. The van der Waals surface area contributed by atoms with E-state index in [-0.39, 0.29) is 11.8 Å². The summed E-state index contributed by atoms with van der Waals surface area (Å²) < 4.78 is 0. The molecular weight excluding hydrogens is 210 g/mol. The predicted octanol–water partition coefficient (Wildman–Crippen LogP) is 2.29. The van der Waals surface area contributed by atoms with Crippen LogP contribution in [0.15, 0.2) is 30.3 Å². The van der Waals surface area contributed by atoms with E-state index in [4.69, 9.17) is 11.6 Å². The van der Waals surface area contributed by atoms with Crippen molar-refractivity contribution < 1.29 is 4.79 Å². The fourth-order valence-corrected chi connectivity index (χ4v) is 2.19. The highest BCUT2D eigenvalue weighted by Crippen LogP contribution is 2.24. The van der Waals surface area contributed by atoms with Gasteiger partial charge in [-0.15, -0.1) is 11.6 Å². The van der Waals surface area contributed by atoms with E-state index in [0.717, 1.165) is 24.9 Å². The van der Waals surface area contributed by atoms with Crippen LogP contribution >= 0.6 is 11.6 Å². The molecule has 1 aromatic rings. The molecule has 1 aromatic carbocycles. The molecule has 0 radical (unpaired) electrons. The second-order valence-corrected chi connectivity index (χ2v) is 4.26. The van der Waals surface area contributed by atoms with E-state index in [9.17, 15) is 4.79 Å². The van der Waals surface area contributed by atoms with Crippen molar-refractivity contribution in [1.82, 2.24) is 5.32 Å². The number of carbonyl (C=O) groups is 1. The van der Waals surface area contributed by atoms with Gasteiger partial charge in [0.25, 0.3) is 0 Å². The van der Waals surface area contributed by atoms with Crippen LogP contribution < -0.4 is 5.32 Å². The summed E-state index contributed by atoms with van der Waals surface area (Å²) in [6.45, 7) is 0.925. The highest BCUT2D eigenvalue weighted by atomic mass is 35.5. The zero-order valence-electron chi connectivity index (χ0n) is 8.45. The van der Waals surface area contributed by atoms with Gasteiger partial charge >= 0.3 is 0 Å². The number of carbonyl (C=O) groups excluding carboxylic acids is 1. The molecule has 0 aliphatic carbocycles. The van der Waals surface area contributed by atoms with E-state index in [0.29, 0.717) is 0 Å². The number of alkyl halides is 1. The first kappa shape index (κ1) is 10.7. The van der Waals surface area contributed by atoms with Crippen molar-refractivity contribution in [3.8, 4) is 0 Å². The van der Waals surface area contributed by atoms with Gasteiger partial charge in [-0.3, -0.25) is 4.79 Å². The molecule has 0 amide bonds. The highest BCUT2D eigenvalue weighted by molar-refractivity contribution is 6.31. The monoisotopic (exact) mass is 223 g/mol. The van der Waals surface area contributed by atoms with Crippen molar-refractivity contribution in [3.63, 3.8) is 0 Å². The lowest BCUT2D eigenvalue weighted by Gasteiger charge is -2.14. The first-order chi connectivity index (χ1) is 7.29. The van der Waals surface area contributed by atoms with Crippen LogP contribution in [-0.4, -0.2) is 18.4 Å². The summed E-state index contributed by atoms with van der Waals surface area (Å²) in [5, 5.41) is 2.66. The largest absolute Gasteiger partial charge is 0.307 e. The summed E-state index contributed by atoms with van der Waals surface area (Å²) in [7, 11) is 0. The maximum atomic E-state index is 12.0. The Morgan fingerprint density at radius 2 is 2.13 bits per heavy atom. The third-order valence-corrected chi connectivity index (χ3v) is 3.21. The molecule has 1 aliphatic rings. The van der Waals surface area contributed by atoms with Gasteiger partial charge in [0.15, 0.2) is 5.78 Å². The molecule has 2 atom stereocenters. The quantitative estimate of drug-likeness (QED) is 0.797. The summed E-state index contributed by atoms with van der Waals surface area (Å²) in [5.41, 5.74) is 0.887. The van der Waals surface area contributed by atoms with Gasteiger partial charge in [-0.05, 0) is 24.9 Å². The molecule has 2 nitrogen and oxygen atoms in total. The number of benzene rings is 1. The van der Waals surface area contributed by atoms with Crippen LogP contribution in [0.25, 0.3) is 0 Å². The maximum Gasteiger partial charge on any atom is 0.171 e. The van der Waals surface area contributed by atoms with E-state index >= 15 is 0 Å². The van der Waals surface area contributed by atoms with Gasteiger partial charge in [0, 0.05) is 0 Å². The van der Waals surface area contributed by atoms with Crippen molar-refractivity contribution in [2.24, 2.45) is 0 Å². The van der Waals surface area contributed by atoms with E-state index in [2.05, 4.69) is 5.32 Å². The van der Waals surface area contributed by atoms with Crippen LogP contribution in [0.1, 0.15) is 23.8 Å². The van der Waals surface area contributed by atoms with Crippen LogP contribution in [0.2, 0.25) is 0 Å². The smallest absolute Gasteiger partial charge is 0.171 e. The third kappa shape index (κ3) is 2.39. The molecule has 1 saturated heterocycles. The highest BCUT2D eigenvalue weighted by Gasteiger charge is 2.28. The van der Waals surface area contributed by atoms with E-state index in [1.54, 1.807) is 0 Å². The Kier molecular flexibility index (Phi) is 3.39. The summed E-state index contributed by atoms with van der Waals surface area (Å²) in [4.78, 5) is 12.0. The number of rotatable bonds is 3. The molecule has 2 unspecified atom stereocenters. The molecule has 0 saturated carbocycles. The van der Waals surface area contributed by atoms with Crippen molar-refractivity contribution in [3.05, 3.63) is 35.9 Å². The Morgan fingerprint density at radius 1 is 1.40 bits per heavy atom. The first-order valence-electron chi connectivity index (χ1n) is 5.25. The minimum absolute atomic E-state index is 0.0484. The van der Waals surface area contributed by atoms with Crippen molar-refractivity contribution >= 4 is 17.4 Å². The molecule has 2 rings (SSSR count). The van der Waals surface area contributed by atoms with Gasteiger partial charge < -0.3 is 5.32 Å². The Balaban J connectivity index is 2.07. The van der Waals surface area contributed by atoms with Gasteiger partial charge in [0.05, 0.1) is 6.04 Å². The predicted molar refractivity (Wildman–Crippen MR) is 61.1 cm³/mol. The number of hydrogen-bond donors (Lipinski definition) is 1. The fourth-order valence-electron chi connectivity index (χ4n) is 1.89. The third-order valence-electron chi connectivity index (χ3n) is 2.75. The van der Waals surface area contributed by atoms with Crippen LogP contribution in [-0.2, 0) is 4.79 Å². The second kappa shape index (κ2) is 4.77. The molecule has 0 aromatic heterocycles. The number of ketones is 1. The summed E-state index contributed by atoms with van der Waals surface area (Å²) in [5.74, 6) is 0.0976. The topological polar surface area (TPSA) is 29.1 Å². The molecule has 15 heavy (non-hydrogen) atoms. The van der Waals surface area contributed by atoms with E-state index in [1.165, 1.54) is 0 Å². The van der Waals surface area contributed by atoms with E-state index < -0.39 is 5.38 Å². The Hall–Kier alpha value is -0.860. The average molecular weight is 224 g/mol. The second-order valence-electron chi connectivity index (χ2n) is 3.82. The minimum atomic E-state index is -0.512. The molecule has 1 aliphatic heterocycles. The SMILES string of the molecule is O=C(C1CCCN1)C(Cl)c1ccccc1. The normalized spacial score (nSPS) is 22.6. The molecule has 1 heterocycles. The zero-order valence-corrected chi connectivity index (χ0v) is 9.20. The van der Waals surface area contributed by atoms with Crippen LogP contribution in [0, 0.1) is 0 Å². The molecule has 1 fully saturated rings. The zero-order chi connectivity index (χ0) is 10.7. The molecular formula is C12H14ClNO. The Bertz CT molecular complexity index is 333.